The van der Waals surface area contributed by atoms with E-state index >= 15 is 0 Å². The molecule has 0 bridgehead atoms. The number of rotatable bonds is 5. The van der Waals surface area contributed by atoms with Gasteiger partial charge in [0.15, 0.2) is 0 Å². The fourth-order valence-corrected chi connectivity index (χ4v) is 2.09. The molecule has 6 nitrogen and oxygen atoms in total. The van der Waals surface area contributed by atoms with Crippen molar-refractivity contribution in [1.82, 2.24) is 20.2 Å². The molecule has 2 aromatic rings. The quantitative estimate of drug-likeness (QED) is 0.813. The SMILES string of the molecule is CC(=O)NCCNC(=O)Cn1c(C(F)(F)F)nc2ccccc21. The fourth-order valence-electron chi connectivity index (χ4n) is 2.09. The van der Waals surface area contributed by atoms with Gasteiger partial charge in [-0.05, 0) is 12.1 Å². The van der Waals surface area contributed by atoms with Gasteiger partial charge >= 0.3 is 6.18 Å². The van der Waals surface area contributed by atoms with Crippen molar-refractivity contribution >= 4 is 22.8 Å². The summed E-state index contributed by atoms with van der Waals surface area (Å²) in [6, 6.07) is 6.08. The lowest BCUT2D eigenvalue weighted by atomic mass is 10.3. The molecule has 2 rings (SSSR count). The summed E-state index contributed by atoms with van der Waals surface area (Å²) in [5.74, 6) is -1.96. The third-order valence-corrected chi connectivity index (χ3v) is 3.03. The van der Waals surface area contributed by atoms with Crippen LogP contribution in [-0.2, 0) is 22.3 Å². The Morgan fingerprint density at radius 2 is 1.83 bits per heavy atom. The van der Waals surface area contributed by atoms with Crippen LogP contribution in [0.5, 0.6) is 0 Å². The smallest absolute Gasteiger partial charge is 0.355 e. The largest absolute Gasteiger partial charge is 0.449 e. The average Bonchev–Trinajstić information content (AvgIpc) is 2.82. The zero-order valence-electron chi connectivity index (χ0n) is 12.3. The first-order valence-electron chi connectivity index (χ1n) is 6.82. The molecule has 0 aliphatic rings. The van der Waals surface area contributed by atoms with Gasteiger partial charge in [-0.2, -0.15) is 13.2 Å². The van der Waals surface area contributed by atoms with Crippen LogP contribution in [-0.4, -0.2) is 34.5 Å². The summed E-state index contributed by atoms with van der Waals surface area (Å²) in [4.78, 5) is 26.1. The Labute approximate surface area is 129 Å². The van der Waals surface area contributed by atoms with Crippen molar-refractivity contribution in [2.24, 2.45) is 0 Å². The fraction of sp³-hybridized carbons (Fsp3) is 0.357. The zero-order valence-corrected chi connectivity index (χ0v) is 12.3. The molecule has 2 amide bonds. The van der Waals surface area contributed by atoms with E-state index in [0.717, 1.165) is 4.57 Å². The van der Waals surface area contributed by atoms with Gasteiger partial charge in [0.1, 0.15) is 6.54 Å². The van der Waals surface area contributed by atoms with Crippen molar-refractivity contribution in [3.63, 3.8) is 0 Å². The van der Waals surface area contributed by atoms with Gasteiger partial charge in [-0.15, -0.1) is 0 Å². The Hall–Kier alpha value is -2.58. The number of amides is 2. The average molecular weight is 328 g/mol. The standard InChI is InChI=1S/C14H15F3N4O2/c1-9(22)18-6-7-19-12(23)8-21-11-5-3-2-4-10(11)20-13(21)14(15,16)17/h2-5H,6-8H2,1H3,(H,18,22)(H,19,23). The highest BCUT2D eigenvalue weighted by atomic mass is 19.4. The summed E-state index contributed by atoms with van der Waals surface area (Å²) in [7, 11) is 0. The molecule has 0 unspecified atom stereocenters. The van der Waals surface area contributed by atoms with Crippen LogP contribution in [0.15, 0.2) is 24.3 Å². The van der Waals surface area contributed by atoms with E-state index < -0.39 is 24.5 Å². The van der Waals surface area contributed by atoms with Crippen LogP contribution >= 0.6 is 0 Å². The Morgan fingerprint density at radius 1 is 1.17 bits per heavy atom. The van der Waals surface area contributed by atoms with Crippen molar-refractivity contribution in [1.29, 1.82) is 0 Å². The third kappa shape index (κ3) is 4.21. The summed E-state index contributed by atoms with van der Waals surface area (Å²) in [5.41, 5.74) is 0.405. The van der Waals surface area contributed by atoms with Crippen LogP contribution in [0.3, 0.4) is 0 Å². The number of alkyl halides is 3. The maximum absolute atomic E-state index is 13.1. The number of para-hydroxylation sites is 2. The van der Waals surface area contributed by atoms with E-state index in [4.69, 9.17) is 0 Å². The van der Waals surface area contributed by atoms with Crippen molar-refractivity contribution in [3.8, 4) is 0 Å². The molecule has 9 heteroatoms. The number of carbonyl (C=O) groups is 2. The second-order valence-corrected chi connectivity index (χ2v) is 4.84. The number of hydrogen-bond acceptors (Lipinski definition) is 3. The first kappa shape index (κ1) is 16.8. The molecule has 1 aromatic heterocycles. The molecule has 0 aliphatic heterocycles. The molecule has 0 aliphatic carbocycles. The molecule has 0 saturated heterocycles. The van der Waals surface area contributed by atoms with Gasteiger partial charge < -0.3 is 15.2 Å². The van der Waals surface area contributed by atoms with Gasteiger partial charge in [-0.25, -0.2) is 4.98 Å². The summed E-state index contributed by atoms with van der Waals surface area (Å²) in [6.07, 6.45) is -4.66. The van der Waals surface area contributed by atoms with Crippen LogP contribution in [0.4, 0.5) is 13.2 Å². The minimum Gasteiger partial charge on any atom is -0.355 e. The summed E-state index contributed by atoms with van der Waals surface area (Å²) >= 11 is 0. The number of nitrogens with one attached hydrogen (secondary N) is 2. The van der Waals surface area contributed by atoms with Gasteiger partial charge in [0, 0.05) is 20.0 Å². The first-order valence-corrected chi connectivity index (χ1v) is 6.82. The Balaban J connectivity index is 2.15. The topological polar surface area (TPSA) is 76.0 Å². The van der Waals surface area contributed by atoms with Crippen molar-refractivity contribution in [2.45, 2.75) is 19.6 Å². The molecule has 23 heavy (non-hydrogen) atoms. The summed E-state index contributed by atoms with van der Waals surface area (Å²) in [5, 5.41) is 4.92. The molecular formula is C14H15F3N4O2. The molecule has 124 valence electrons. The number of nitrogens with zero attached hydrogens (tertiary/aromatic N) is 2. The highest BCUT2D eigenvalue weighted by Crippen LogP contribution is 2.31. The van der Waals surface area contributed by atoms with Crippen LogP contribution in [0.1, 0.15) is 12.7 Å². The minimum atomic E-state index is -4.66. The highest BCUT2D eigenvalue weighted by molar-refractivity contribution is 5.81. The lowest BCUT2D eigenvalue weighted by molar-refractivity contribution is -0.147. The molecule has 0 saturated carbocycles. The summed E-state index contributed by atoms with van der Waals surface area (Å²) in [6.45, 7) is 1.16. The van der Waals surface area contributed by atoms with E-state index in [1.807, 2.05) is 0 Å². The lowest BCUT2D eigenvalue weighted by Gasteiger charge is -2.11. The number of fused-ring (bicyclic) bond motifs is 1. The van der Waals surface area contributed by atoms with Crippen LogP contribution in [0.25, 0.3) is 11.0 Å². The van der Waals surface area contributed by atoms with Crippen LogP contribution in [0.2, 0.25) is 0 Å². The van der Waals surface area contributed by atoms with E-state index in [1.54, 1.807) is 12.1 Å². The van der Waals surface area contributed by atoms with Crippen molar-refractivity contribution in [3.05, 3.63) is 30.1 Å². The van der Waals surface area contributed by atoms with Gasteiger partial charge in [0.2, 0.25) is 17.6 Å². The Kier molecular flexibility index (Phi) is 4.87. The molecular weight excluding hydrogens is 313 g/mol. The molecule has 0 fully saturated rings. The van der Waals surface area contributed by atoms with E-state index in [-0.39, 0.29) is 30.0 Å². The van der Waals surface area contributed by atoms with Gasteiger partial charge in [-0.1, -0.05) is 12.1 Å². The molecule has 0 spiro atoms. The van der Waals surface area contributed by atoms with Crippen LogP contribution in [0, 0.1) is 0 Å². The molecule has 1 heterocycles. The predicted molar refractivity (Wildman–Crippen MR) is 76.4 cm³/mol. The minimum absolute atomic E-state index is 0.131. The second kappa shape index (κ2) is 6.67. The third-order valence-electron chi connectivity index (χ3n) is 3.03. The molecule has 2 N–H and O–H groups in total. The Morgan fingerprint density at radius 3 is 2.48 bits per heavy atom. The first-order chi connectivity index (χ1) is 10.8. The van der Waals surface area contributed by atoms with Gasteiger partial charge in [0.05, 0.1) is 11.0 Å². The number of aromatic nitrogens is 2. The maximum Gasteiger partial charge on any atom is 0.449 e. The van der Waals surface area contributed by atoms with Crippen LogP contribution < -0.4 is 10.6 Å². The number of hydrogen-bond donors (Lipinski definition) is 2. The molecule has 0 atom stereocenters. The monoisotopic (exact) mass is 328 g/mol. The number of benzene rings is 1. The van der Waals surface area contributed by atoms with E-state index in [0.29, 0.717) is 0 Å². The van der Waals surface area contributed by atoms with Crippen molar-refractivity contribution < 1.29 is 22.8 Å². The van der Waals surface area contributed by atoms with Crippen molar-refractivity contribution in [2.75, 3.05) is 13.1 Å². The highest BCUT2D eigenvalue weighted by Gasteiger charge is 2.37. The Bertz CT molecular complexity index is 724. The van der Waals surface area contributed by atoms with E-state index in [2.05, 4.69) is 15.6 Å². The zero-order chi connectivity index (χ0) is 17.0. The van der Waals surface area contributed by atoms with Gasteiger partial charge in [0.25, 0.3) is 0 Å². The van der Waals surface area contributed by atoms with Gasteiger partial charge in [-0.3, -0.25) is 9.59 Å². The maximum atomic E-state index is 13.1. The lowest BCUT2D eigenvalue weighted by Crippen LogP contribution is -2.35. The number of carbonyl (C=O) groups excluding carboxylic acids is 2. The summed E-state index contributed by atoms with van der Waals surface area (Å²) < 4.78 is 40.0. The number of imidazole rings is 1. The molecule has 1 aromatic carbocycles. The molecule has 0 radical (unpaired) electrons. The second-order valence-electron chi connectivity index (χ2n) is 4.84. The number of halogens is 3. The van der Waals surface area contributed by atoms with E-state index in [1.165, 1.54) is 19.1 Å². The normalized spacial score (nSPS) is 11.5. The predicted octanol–water partition coefficient (Wildman–Crippen LogP) is 1.31. The van der Waals surface area contributed by atoms with E-state index in [9.17, 15) is 22.8 Å².